The van der Waals surface area contributed by atoms with E-state index in [0.717, 1.165) is 0 Å². The smallest absolute Gasteiger partial charge is 0.331 e. The van der Waals surface area contributed by atoms with Crippen LogP contribution in [0.3, 0.4) is 0 Å². The van der Waals surface area contributed by atoms with Crippen molar-refractivity contribution in [3.63, 3.8) is 0 Å². The Morgan fingerprint density at radius 2 is 2.00 bits per heavy atom. The highest BCUT2D eigenvalue weighted by atomic mass is 16.3. The summed E-state index contributed by atoms with van der Waals surface area (Å²) in [5.41, 5.74) is -0.926. The van der Waals surface area contributed by atoms with Crippen LogP contribution >= 0.6 is 0 Å². The van der Waals surface area contributed by atoms with Crippen LogP contribution < -0.4 is 11.2 Å². The van der Waals surface area contributed by atoms with Gasteiger partial charge >= 0.3 is 5.69 Å². The SMILES string of the molecule is Cc1c(O)n(CC(C)C)c(=O)[nH]c1=O. The monoisotopic (exact) mass is 198 g/mol. The fourth-order valence-electron chi connectivity index (χ4n) is 1.19. The number of aromatic amines is 1. The van der Waals surface area contributed by atoms with Gasteiger partial charge in [-0.3, -0.25) is 14.3 Å². The zero-order valence-corrected chi connectivity index (χ0v) is 8.50. The molecule has 78 valence electrons. The van der Waals surface area contributed by atoms with Crippen LogP contribution in [0.15, 0.2) is 9.59 Å². The van der Waals surface area contributed by atoms with Crippen molar-refractivity contribution in [1.29, 1.82) is 0 Å². The molecule has 0 aliphatic carbocycles. The van der Waals surface area contributed by atoms with Crippen molar-refractivity contribution >= 4 is 0 Å². The quantitative estimate of drug-likeness (QED) is 0.713. The summed E-state index contributed by atoms with van der Waals surface area (Å²) in [7, 11) is 0. The van der Waals surface area contributed by atoms with Gasteiger partial charge in [-0.25, -0.2) is 4.79 Å². The maximum Gasteiger partial charge on any atom is 0.331 e. The van der Waals surface area contributed by atoms with Crippen LogP contribution in [0.4, 0.5) is 0 Å². The Morgan fingerprint density at radius 3 is 2.50 bits per heavy atom. The minimum Gasteiger partial charge on any atom is -0.494 e. The molecule has 2 N–H and O–H groups in total. The Balaban J connectivity index is 3.37. The van der Waals surface area contributed by atoms with Crippen molar-refractivity contribution < 1.29 is 5.11 Å². The normalized spacial score (nSPS) is 10.9. The molecule has 1 aromatic heterocycles. The molecule has 5 nitrogen and oxygen atoms in total. The fourth-order valence-corrected chi connectivity index (χ4v) is 1.19. The predicted octanol–water partition coefficient (Wildman–Crippen LogP) is 0.207. The van der Waals surface area contributed by atoms with Gasteiger partial charge in [0.2, 0.25) is 5.88 Å². The molecule has 1 heterocycles. The van der Waals surface area contributed by atoms with Crippen LogP contribution in [-0.4, -0.2) is 14.7 Å². The van der Waals surface area contributed by atoms with E-state index in [9.17, 15) is 14.7 Å². The largest absolute Gasteiger partial charge is 0.494 e. The van der Waals surface area contributed by atoms with E-state index in [-0.39, 0.29) is 17.4 Å². The summed E-state index contributed by atoms with van der Waals surface area (Å²) in [6.07, 6.45) is 0. The van der Waals surface area contributed by atoms with Gasteiger partial charge in [-0.05, 0) is 12.8 Å². The number of hydrogen-bond donors (Lipinski definition) is 2. The third-order valence-electron chi connectivity index (χ3n) is 1.95. The topological polar surface area (TPSA) is 75.1 Å². The second kappa shape index (κ2) is 3.69. The summed E-state index contributed by atoms with van der Waals surface area (Å²) in [6.45, 7) is 5.71. The third-order valence-corrected chi connectivity index (χ3v) is 1.95. The van der Waals surface area contributed by atoms with Crippen LogP contribution in [0.1, 0.15) is 19.4 Å². The number of nitrogens with zero attached hydrogens (tertiary/aromatic N) is 1. The second-order valence-electron chi connectivity index (χ2n) is 3.71. The number of hydrogen-bond acceptors (Lipinski definition) is 3. The number of aromatic hydroxyl groups is 1. The highest BCUT2D eigenvalue weighted by Gasteiger charge is 2.10. The van der Waals surface area contributed by atoms with Crippen molar-refractivity contribution in [2.75, 3.05) is 0 Å². The lowest BCUT2D eigenvalue weighted by molar-refractivity contribution is 0.372. The third kappa shape index (κ3) is 1.86. The molecule has 0 spiro atoms. The van der Waals surface area contributed by atoms with E-state index >= 15 is 0 Å². The van der Waals surface area contributed by atoms with E-state index in [4.69, 9.17) is 0 Å². The zero-order chi connectivity index (χ0) is 10.9. The minimum absolute atomic E-state index is 0.172. The van der Waals surface area contributed by atoms with Crippen molar-refractivity contribution in [3.05, 3.63) is 26.4 Å². The van der Waals surface area contributed by atoms with Gasteiger partial charge in [0, 0.05) is 6.54 Å². The number of H-pyrrole nitrogens is 1. The summed E-state index contributed by atoms with van der Waals surface area (Å²) in [5, 5.41) is 9.55. The predicted molar refractivity (Wildman–Crippen MR) is 52.6 cm³/mol. The van der Waals surface area contributed by atoms with E-state index in [1.807, 2.05) is 13.8 Å². The molecule has 0 radical (unpaired) electrons. The fraction of sp³-hybridized carbons (Fsp3) is 0.556. The van der Waals surface area contributed by atoms with Gasteiger partial charge in [-0.1, -0.05) is 13.8 Å². The van der Waals surface area contributed by atoms with Crippen LogP contribution in [-0.2, 0) is 6.54 Å². The van der Waals surface area contributed by atoms with Gasteiger partial charge in [0.1, 0.15) is 0 Å². The molecule has 0 amide bonds. The van der Waals surface area contributed by atoms with Gasteiger partial charge in [0.05, 0.1) is 5.56 Å². The van der Waals surface area contributed by atoms with E-state index in [0.29, 0.717) is 6.54 Å². The summed E-state index contributed by atoms with van der Waals surface area (Å²) in [6, 6.07) is 0. The Kier molecular flexibility index (Phi) is 2.78. The molecule has 0 bridgehead atoms. The summed E-state index contributed by atoms with van der Waals surface area (Å²) >= 11 is 0. The molecule has 0 fully saturated rings. The molecular formula is C9H14N2O3. The maximum atomic E-state index is 11.3. The molecule has 1 aromatic rings. The molecule has 0 aliphatic rings. The zero-order valence-electron chi connectivity index (χ0n) is 8.50. The molecule has 0 saturated carbocycles. The van der Waals surface area contributed by atoms with Crippen LogP contribution in [0.25, 0.3) is 0 Å². The van der Waals surface area contributed by atoms with Crippen molar-refractivity contribution in [3.8, 4) is 5.88 Å². The molecule has 0 aliphatic heterocycles. The van der Waals surface area contributed by atoms with E-state index < -0.39 is 11.2 Å². The Morgan fingerprint density at radius 1 is 1.43 bits per heavy atom. The molecule has 0 unspecified atom stereocenters. The Hall–Kier alpha value is -1.52. The van der Waals surface area contributed by atoms with E-state index in [2.05, 4.69) is 4.98 Å². The van der Waals surface area contributed by atoms with E-state index in [1.54, 1.807) is 0 Å². The Bertz CT molecular complexity index is 442. The summed E-state index contributed by atoms with van der Waals surface area (Å²) in [4.78, 5) is 24.5. The first-order chi connectivity index (χ1) is 6.43. The summed E-state index contributed by atoms with van der Waals surface area (Å²) < 4.78 is 1.17. The number of rotatable bonds is 2. The van der Waals surface area contributed by atoms with Crippen molar-refractivity contribution in [2.45, 2.75) is 27.3 Å². The van der Waals surface area contributed by atoms with Gasteiger partial charge in [-0.15, -0.1) is 0 Å². The lowest BCUT2D eigenvalue weighted by atomic mass is 10.2. The van der Waals surface area contributed by atoms with Crippen molar-refractivity contribution in [2.24, 2.45) is 5.92 Å². The molecule has 5 heteroatoms. The van der Waals surface area contributed by atoms with Crippen molar-refractivity contribution in [1.82, 2.24) is 9.55 Å². The second-order valence-corrected chi connectivity index (χ2v) is 3.71. The molecule has 1 rings (SSSR count). The van der Waals surface area contributed by atoms with Gasteiger partial charge in [-0.2, -0.15) is 0 Å². The standard InChI is InChI=1S/C9H14N2O3/c1-5(2)4-11-8(13)6(3)7(12)10-9(11)14/h5,13H,4H2,1-3H3,(H,10,12,14). The average molecular weight is 198 g/mol. The van der Waals surface area contributed by atoms with Gasteiger partial charge in [0.25, 0.3) is 5.56 Å². The first kappa shape index (κ1) is 10.6. The highest BCUT2D eigenvalue weighted by Crippen LogP contribution is 2.09. The first-order valence-corrected chi connectivity index (χ1v) is 4.46. The van der Waals surface area contributed by atoms with E-state index in [1.165, 1.54) is 11.5 Å². The first-order valence-electron chi connectivity index (χ1n) is 4.46. The molecule has 0 aromatic carbocycles. The Labute approximate surface area is 81.0 Å². The van der Waals surface area contributed by atoms with Crippen LogP contribution in [0, 0.1) is 12.8 Å². The minimum atomic E-state index is -0.563. The number of nitrogens with one attached hydrogen (secondary N) is 1. The van der Waals surface area contributed by atoms with Crippen LogP contribution in [0.5, 0.6) is 5.88 Å². The lowest BCUT2D eigenvalue weighted by Gasteiger charge is -2.11. The molecule has 0 atom stereocenters. The molecular weight excluding hydrogens is 184 g/mol. The maximum absolute atomic E-state index is 11.3. The average Bonchev–Trinajstić information content (AvgIpc) is 2.09. The van der Waals surface area contributed by atoms with Gasteiger partial charge < -0.3 is 5.11 Å². The lowest BCUT2D eigenvalue weighted by Crippen LogP contribution is -2.32. The highest BCUT2D eigenvalue weighted by molar-refractivity contribution is 5.20. The molecule has 0 saturated heterocycles. The van der Waals surface area contributed by atoms with Gasteiger partial charge in [0.15, 0.2) is 0 Å². The molecule has 14 heavy (non-hydrogen) atoms. The van der Waals surface area contributed by atoms with Crippen LogP contribution in [0.2, 0.25) is 0 Å². The number of aromatic nitrogens is 2. The summed E-state index contributed by atoms with van der Waals surface area (Å²) in [5.74, 6) is -0.0173.